The predicted octanol–water partition coefficient (Wildman–Crippen LogP) is 4.13. The van der Waals surface area contributed by atoms with Crippen LogP contribution in [0.2, 0.25) is 0 Å². The number of hydrogen-bond donors (Lipinski definition) is 4. The SMILES string of the molecule is CC(NC(=O)Nc1cc2[nH]nc(NC3CCC(N(C)C)CC3)c2cn1)c1ccccc1. The number of aromatic nitrogens is 3. The molecule has 1 saturated carbocycles. The molecule has 1 aromatic carbocycles. The lowest BCUT2D eigenvalue weighted by molar-refractivity contribution is 0.221. The van der Waals surface area contributed by atoms with Gasteiger partial charge in [-0.3, -0.25) is 10.4 Å². The summed E-state index contributed by atoms with van der Waals surface area (Å²) in [5.41, 5.74) is 1.89. The van der Waals surface area contributed by atoms with E-state index >= 15 is 0 Å². The zero-order valence-corrected chi connectivity index (χ0v) is 18.4. The van der Waals surface area contributed by atoms with Crippen LogP contribution in [0.15, 0.2) is 42.6 Å². The molecule has 2 amide bonds. The predicted molar refractivity (Wildman–Crippen MR) is 124 cm³/mol. The lowest BCUT2D eigenvalue weighted by Crippen LogP contribution is -2.36. The largest absolute Gasteiger partial charge is 0.365 e. The molecule has 8 heteroatoms. The van der Waals surface area contributed by atoms with E-state index in [9.17, 15) is 4.79 Å². The fraction of sp³-hybridized carbons (Fsp3) is 0.435. The summed E-state index contributed by atoms with van der Waals surface area (Å²) in [5, 5.41) is 17.7. The molecular weight excluding hydrogens is 390 g/mol. The molecule has 1 fully saturated rings. The van der Waals surface area contributed by atoms with E-state index in [0.717, 1.165) is 35.1 Å². The van der Waals surface area contributed by atoms with Gasteiger partial charge >= 0.3 is 6.03 Å². The van der Waals surface area contributed by atoms with Gasteiger partial charge in [-0.05, 0) is 52.3 Å². The van der Waals surface area contributed by atoms with Crippen molar-refractivity contribution in [1.82, 2.24) is 25.4 Å². The molecule has 4 rings (SSSR count). The molecule has 1 unspecified atom stereocenters. The molecule has 0 radical (unpaired) electrons. The molecule has 31 heavy (non-hydrogen) atoms. The lowest BCUT2D eigenvalue weighted by Gasteiger charge is -2.33. The van der Waals surface area contributed by atoms with Gasteiger partial charge in [-0.1, -0.05) is 30.3 Å². The minimum Gasteiger partial charge on any atom is -0.365 e. The molecule has 0 aliphatic heterocycles. The molecule has 0 spiro atoms. The molecule has 3 aromatic rings. The van der Waals surface area contributed by atoms with Gasteiger partial charge in [0.25, 0.3) is 0 Å². The van der Waals surface area contributed by atoms with Crippen LogP contribution >= 0.6 is 0 Å². The van der Waals surface area contributed by atoms with Gasteiger partial charge in [-0.25, -0.2) is 9.78 Å². The van der Waals surface area contributed by atoms with Gasteiger partial charge < -0.3 is 15.5 Å². The van der Waals surface area contributed by atoms with Crippen LogP contribution in [0, 0.1) is 0 Å². The van der Waals surface area contributed by atoms with Gasteiger partial charge in [-0.15, -0.1) is 0 Å². The second kappa shape index (κ2) is 9.34. The van der Waals surface area contributed by atoms with Gasteiger partial charge in [0.1, 0.15) is 5.82 Å². The summed E-state index contributed by atoms with van der Waals surface area (Å²) in [4.78, 5) is 19.1. The van der Waals surface area contributed by atoms with Crippen LogP contribution in [-0.4, -0.2) is 52.3 Å². The highest BCUT2D eigenvalue weighted by molar-refractivity contribution is 5.94. The normalized spacial score (nSPS) is 19.9. The van der Waals surface area contributed by atoms with E-state index in [1.807, 2.05) is 43.3 Å². The number of aromatic amines is 1. The zero-order valence-electron chi connectivity index (χ0n) is 18.4. The van der Waals surface area contributed by atoms with Crippen molar-refractivity contribution in [2.24, 2.45) is 0 Å². The fourth-order valence-corrected chi connectivity index (χ4v) is 4.20. The number of rotatable bonds is 6. The van der Waals surface area contributed by atoms with Gasteiger partial charge in [0, 0.05) is 24.3 Å². The van der Waals surface area contributed by atoms with Crippen molar-refractivity contribution in [3.8, 4) is 0 Å². The summed E-state index contributed by atoms with van der Waals surface area (Å²) in [6, 6.07) is 12.3. The number of carbonyl (C=O) groups is 1. The van der Waals surface area contributed by atoms with E-state index in [1.165, 1.54) is 12.8 Å². The number of hydrogen-bond acceptors (Lipinski definition) is 5. The first kappa shape index (κ1) is 21.1. The van der Waals surface area contributed by atoms with Crippen molar-refractivity contribution in [3.63, 3.8) is 0 Å². The quantitative estimate of drug-likeness (QED) is 0.480. The van der Waals surface area contributed by atoms with E-state index in [0.29, 0.717) is 17.9 Å². The Morgan fingerprint density at radius 3 is 2.61 bits per heavy atom. The second-order valence-corrected chi connectivity index (χ2v) is 8.53. The van der Waals surface area contributed by atoms with E-state index in [2.05, 4.69) is 50.1 Å². The lowest BCUT2D eigenvalue weighted by atomic mass is 9.90. The average molecular weight is 422 g/mol. The van der Waals surface area contributed by atoms with Gasteiger partial charge in [0.05, 0.1) is 16.9 Å². The number of benzene rings is 1. The maximum Gasteiger partial charge on any atom is 0.320 e. The van der Waals surface area contributed by atoms with Crippen LogP contribution < -0.4 is 16.0 Å². The number of urea groups is 1. The Kier molecular flexibility index (Phi) is 6.36. The first-order valence-corrected chi connectivity index (χ1v) is 10.9. The highest BCUT2D eigenvalue weighted by Crippen LogP contribution is 2.27. The number of nitrogens with one attached hydrogen (secondary N) is 4. The molecule has 1 aliphatic carbocycles. The van der Waals surface area contributed by atoms with E-state index in [-0.39, 0.29) is 12.1 Å². The standard InChI is InChI=1S/C23H31N7O/c1-15(16-7-5-4-6-8-16)25-23(31)27-21-13-20-19(14-24-21)22(29-28-20)26-17-9-11-18(12-10-17)30(2)3/h4-8,13-15,17-18H,9-12H2,1-3H3,(H2,26,28,29)(H2,24,25,27,31). The van der Waals surface area contributed by atoms with Crippen LogP contribution in [0.1, 0.15) is 44.2 Å². The highest BCUT2D eigenvalue weighted by atomic mass is 16.2. The summed E-state index contributed by atoms with van der Waals surface area (Å²) < 4.78 is 0. The van der Waals surface area contributed by atoms with Crippen LogP contribution in [0.25, 0.3) is 10.9 Å². The molecule has 0 saturated heterocycles. The number of fused-ring (bicyclic) bond motifs is 1. The third-order valence-electron chi connectivity index (χ3n) is 6.10. The Morgan fingerprint density at radius 1 is 1.16 bits per heavy atom. The van der Waals surface area contributed by atoms with Crippen molar-refractivity contribution in [2.75, 3.05) is 24.7 Å². The van der Waals surface area contributed by atoms with Crippen LogP contribution in [0.4, 0.5) is 16.4 Å². The van der Waals surface area contributed by atoms with E-state index in [1.54, 1.807) is 6.20 Å². The third-order valence-corrected chi connectivity index (χ3v) is 6.10. The third kappa shape index (κ3) is 5.14. The number of carbonyl (C=O) groups excluding carboxylic acids is 1. The van der Waals surface area contributed by atoms with Crippen LogP contribution in [0.5, 0.6) is 0 Å². The number of nitrogens with zero attached hydrogens (tertiary/aromatic N) is 3. The topological polar surface area (TPSA) is 98.0 Å². The Labute approximate surface area is 182 Å². The van der Waals surface area contributed by atoms with Crippen molar-refractivity contribution >= 4 is 28.6 Å². The Hall–Kier alpha value is -3.13. The summed E-state index contributed by atoms with van der Waals surface area (Å²) in [6.45, 7) is 1.95. The van der Waals surface area contributed by atoms with E-state index < -0.39 is 0 Å². The smallest absolute Gasteiger partial charge is 0.320 e. The van der Waals surface area contributed by atoms with Crippen molar-refractivity contribution in [2.45, 2.75) is 50.7 Å². The zero-order chi connectivity index (χ0) is 21.8. The fourth-order valence-electron chi connectivity index (χ4n) is 4.20. The maximum absolute atomic E-state index is 12.4. The maximum atomic E-state index is 12.4. The Balaban J connectivity index is 1.35. The highest BCUT2D eigenvalue weighted by Gasteiger charge is 2.23. The molecule has 8 nitrogen and oxygen atoms in total. The molecular formula is C23H31N7O. The Morgan fingerprint density at radius 2 is 1.90 bits per heavy atom. The van der Waals surface area contributed by atoms with Gasteiger partial charge in [-0.2, -0.15) is 5.10 Å². The minimum atomic E-state index is -0.293. The molecule has 0 bridgehead atoms. The summed E-state index contributed by atoms with van der Waals surface area (Å²) in [7, 11) is 4.30. The first-order chi connectivity index (χ1) is 15.0. The molecule has 1 atom stereocenters. The average Bonchev–Trinajstić information content (AvgIpc) is 3.16. The molecule has 1 aliphatic rings. The van der Waals surface area contributed by atoms with Crippen molar-refractivity contribution in [1.29, 1.82) is 0 Å². The Bertz CT molecular complexity index is 1010. The minimum absolute atomic E-state index is 0.101. The number of amides is 2. The monoisotopic (exact) mass is 421 g/mol. The summed E-state index contributed by atoms with van der Waals surface area (Å²) in [6.07, 6.45) is 6.39. The summed E-state index contributed by atoms with van der Waals surface area (Å²) in [5.74, 6) is 1.30. The number of pyridine rings is 1. The number of H-pyrrole nitrogens is 1. The van der Waals surface area contributed by atoms with Crippen LogP contribution in [-0.2, 0) is 0 Å². The molecule has 2 heterocycles. The second-order valence-electron chi connectivity index (χ2n) is 8.53. The molecule has 4 N–H and O–H groups in total. The number of anilines is 2. The van der Waals surface area contributed by atoms with E-state index in [4.69, 9.17) is 0 Å². The van der Waals surface area contributed by atoms with Crippen LogP contribution in [0.3, 0.4) is 0 Å². The molecule has 164 valence electrons. The van der Waals surface area contributed by atoms with Gasteiger partial charge in [0.15, 0.2) is 5.82 Å². The van der Waals surface area contributed by atoms with Crippen molar-refractivity contribution < 1.29 is 4.79 Å². The molecule has 2 aromatic heterocycles. The summed E-state index contributed by atoms with van der Waals surface area (Å²) >= 11 is 0. The van der Waals surface area contributed by atoms with Crippen molar-refractivity contribution in [3.05, 3.63) is 48.2 Å². The first-order valence-electron chi connectivity index (χ1n) is 10.9. The van der Waals surface area contributed by atoms with Gasteiger partial charge in [0.2, 0.25) is 0 Å².